The van der Waals surface area contributed by atoms with Crippen molar-refractivity contribution in [1.29, 1.82) is 0 Å². The van der Waals surface area contributed by atoms with Crippen LogP contribution in [0.3, 0.4) is 0 Å². The first-order valence-electron chi connectivity index (χ1n) is 13.0. The molecular weight excluding hydrogens is 457 g/mol. The summed E-state index contributed by atoms with van der Waals surface area (Å²) in [5, 5.41) is 7.10. The highest BCUT2D eigenvalue weighted by molar-refractivity contribution is 5.91. The Morgan fingerprint density at radius 1 is 1.06 bits per heavy atom. The minimum Gasteiger partial charge on any atom is -0.367 e. The highest BCUT2D eigenvalue weighted by Gasteiger charge is 2.30. The Balaban J connectivity index is 1.42. The number of anilines is 2. The van der Waals surface area contributed by atoms with Gasteiger partial charge in [0.2, 0.25) is 11.8 Å². The number of aromatic nitrogens is 2. The fraction of sp³-hybridized carbons (Fsp3) is 0.464. The van der Waals surface area contributed by atoms with E-state index >= 15 is 4.39 Å². The van der Waals surface area contributed by atoms with Crippen LogP contribution >= 0.6 is 0 Å². The fourth-order valence-corrected chi connectivity index (χ4v) is 4.79. The number of amides is 1. The standard InChI is InChI=1S/C28H36FN5O2/c1-4-20(5-2)18-25(35)30-22-12-13-24(23(29)19-22)33-14-16-34(17-15-33)27(21-10-8-7-9-11-21)28-31-26(6-3)36-32-28/h7-13,19-20,27H,4-6,14-18H2,1-3H3,(H,30,35). The summed E-state index contributed by atoms with van der Waals surface area (Å²) in [7, 11) is 0. The van der Waals surface area contributed by atoms with Gasteiger partial charge >= 0.3 is 0 Å². The summed E-state index contributed by atoms with van der Waals surface area (Å²) >= 11 is 0. The molecule has 2 aromatic carbocycles. The Hall–Kier alpha value is -3.26. The third-order valence-electron chi connectivity index (χ3n) is 7.03. The van der Waals surface area contributed by atoms with Gasteiger partial charge in [0.15, 0.2) is 5.82 Å². The lowest BCUT2D eigenvalue weighted by Crippen LogP contribution is -2.48. The van der Waals surface area contributed by atoms with Gasteiger partial charge in [-0.15, -0.1) is 0 Å². The predicted molar refractivity (Wildman–Crippen MR) is 139 cm³/mol. The van der Waals surface area contributed by atoms with Gasteiger partial charge in [0, 0.05) is 44.7 Å². The van der Waals surface area contributed by atoms with Crippen LogP contribution < -0.4 is 10.2 Å². The molecule has 1 aliphatic heterocycles. The number of rotatable bonds is 10. The van der Waals surface area contributed by atoms with Crippen LogP contribution in [0.15, 0.2) is 53.1 Å². The molecule has 8 heteroatoms. The van der Waals surface area contributed by atoms with Crippen molar-refractivity contribution in [2.24, 2.45) is 5.92 Å². The summed E-state index contributed by atoms with van der Waals surface area (Å²) in [4.78, 5) is 21.3. The maximum atomic E-state index is 15.1. The Bertz CT molecular complexity index is 1120. The Kier molecular flexibility index (Phi) is 8.70. The van der Waals surface area contributed by atoms with Crippen molar-refractivity contribution in [2.45, 2.75) is 52.5 Å². The monoisotopic (exact) mass is 493 g/mol. The zero-order valence-corrected chi connectivity index (χ0v) is 21.4. The van der Waals surface area contributed by atoms with E-state index in [1.807, 2.05) is 25.1 Å². The quantitative estimate of drug-likeness (QED) is 0.405. The zero-order valence-electron chi connectivity index (χ0n) is 21.4. The number of nitrogens with zero attached hydrogens (tertiary/aromatic N) is 4. The van der Waals surface area contributed by atoms with Crippen molar-refractivity contribution in [3.8, 4) is 0 Å². The lowest BCUT2D eigenvalue weighted by atomic mass is 9.99. The van der Waals surface area contributed by atoms with E-state index in [0.29, 0.717) is 54.9 Å². The highest BCUT2D eigenvalue weighted by Crippen LogP contribution is 2.30. The van der Waals surface area contributed by atoms with E-state index in [4.69, 9.17) is 4.52 Å². The fourth-order valence-electron chi connectivity index (χ4n) is 4.79. The molecule has 0 saturated carbocycles. The van der Waals surface area contributed by atoms with E-state index in [1.54, 1.807) is 12.1 Å². The van der Waals surface area contributed by atoms with Crippen LogP contribution in [0.2, 0.25) is 0 Å². The van der Waals surface area contributed by atoms with Crippen LogP contribution in [-0.4, -0.2) is 47.1 Å². The minimum absolute atomic E-state index is 0.0656. The summed E-state index contributed by atoms with van der Waals surface area (Å²) in [5.41, 5.74) is 2.16. The van der Waals surface area contributed by atoms with Crippen LogP contribution in [0.25, 0.3) is 0 Å². The average Bonchev–Trinajstić information content (AvgIpc) is 3.37. The van der Waals surface area contributed by atoms with Gasteiger partial charge in [0.1, 0.15) is 5.82 Å². The lowest BCUT2D eigenvalue weighted by Gasteiger charge is -2.39. The largest absolute Gasteiger partial charge is 0.367 e. The molecule has 1 N–H and O–H groups in total. The van der Waals surface area contributed by atoms with Gasteiger partial charge in [0.05, 0.1) is 11.7 Å². The molecule has 192 valence electrons. The van der Waals surface area contributed by atoms with Crippen molar-refractivity contribution >= 4 is 17.3 Å². The number of piperazine rings is 1. The smallest absolute Gasteiger partial charge is 0.226 e. The molecule has 3 aromatic rings. The molecule has 7 nitrogen and oxygen atoms in total. The van der Waals surface area contributed by atoms with E-state index in [2.05, 4.69) is 51.2 Å². The van der Waals surface area contributed by atoms with E-state index in [-0.39, 0.29) is 17.8 Å². The number of benzene rings is 2. The maximum Gasteiger partial charge on any atom is 0.226 e. The van der Waals surface area contributed by atoms with Crippen LogP contribution in [0.1, 0.15) is 63.4 Å². The van der Waals surface area contributed by atoms with Gasteiger partial charge in [0.25, 0.3) is 0 Å². The van der Waals surface area contributed by atoms with Crippen molar-refractivity contribution < 1.29 is 13.7 Å². The minimum atomic E-state index is -0.325. The van der Waals surface area contributed by atoms with Crippen molar-refractivity contribution in [2.75, 3.05) is 36.4 Å². The molecule has 1 fully saturated rings. The molecule has 0 bridgehead atoms. The van der Waals surface area contributed by atoms with E-state index in [0.717, 1.165) is 31.5 Å². The van der Waals surface area contributed by atoms with Gasteiger partial charge in [-0.1, -0.05) is 69.1 Å². The number of halogens is 1. The zero-order chi connectivity index (χ0) is 25.5. The van der Waals surface area contributed by atoms with Gasteiger partial charge in [-0.25, -0.2) is 4.39 Å². The summed E-state index contributed by atoms with van der Waals surface area (Å²) in [5.74, 6) is 1.24. The average molecular weight is 494 g/mol. The normalized spacial score (nSPS) is 15.3. The summed E-state index contributed by atoms with van der Waals surface area (Å²) in [6.45, 7) is 8.95. The Labute approximate surface area is 212 Å². The summed E-state index contributed by atoms with van der Waals surface area (Å²) in [6, 6.07) is 15.0. The predicted octanol–water partition coefficient (Wildman–Crippen LogP) is 5.45. The van der Waals surface area contributed by atoms with Crippen LogP contribution in [0.4, 0.5) is 15.8 Å². The highest BCUT2D eigenvalue weighted by atomic mass is 19.1. The lowest BCUT2D eigenvalue weighted by molar-refractivity contribution is -0.117. The molecule has 4 rings (SSSR count). The molecule has 1 atom stereocenters. The number of aryl methyl sites for hydroxylation is 1. The van der Waals surface area contributed by atoms with E-state index < -0.39 is 0 Å². The molecule has 1 saturated heterocycles. The summed E-state index contributed by atoms with van der Waals surface area (Å²) < 4.78 is 20.5. The molecule has 36 heavy (non-hydrogen) atoms. The van der Waals surface area contributed by atoms with Crippen molar-refractivity contribution in [1.82, 2.24) is 15.0 Å². The van der Waals surface area contributed by atoms with Gasteiger partial charge in [-0.2, -0.15) is 4.98 Å². The molecule has 2 heterocycles. The number of carbonyl (C=O) groups excluding carboxylic acids is 1. The van der Waals surface area contributed by atoms with Crippen LogP contribution in [0.5, 0.6) is 0 Å². The Morgan fingerprint density at radius 3 is 2.39 bits per heavy atom. The first-order chi connectivity index (χ1) is 17.5. The number of carbonyl (C=O) groups is 1. The van der Waals surface area contributed by atoms with Crippen molar-refractivity contribution in [3.63, 3.8) is 0 Å². The second-order valence-electron chi connectivity index (χ2n) is 9.34. The Morgan fingerprint density at radius 2 is 1.78 bits per heavy atom. The first-order valence-corrected chi connectivity index (χ1v) is 13.0. The summed E-state index contributed by atoms with van der Waals surface area (Å²) in [6.07, 6.45) is 3.07. The number of hydrogen-bond acceptors (Lipinski definition) is 6. The van der Waals surface area contributed by atoms with Gasteiger partial charge < -0.3 is 14.7 Å². The SMILES string of the molecule is CCc1nc(C(c2ccccc2)N2CCN(c3ccc(NC(=O)CC(CC)CC)cc3F)CC2)no1. The molecule has 1 aromatic heterocycles. The van der Waals surface area contributed by atoms with Gasteiger partial charge in [-0.05, 0) is 29.7 Å². The molecular formula is C28H36FN5O2. The first kappa shape index (κ1) is 25.8. The topological polar surface area (TPSA) is 74.5 Å². The second kappa shape index (κ2) is 12.1. The molecule has 0 radical (unpaired) electrons. The molecule has 1 aliphatic rings. The maximum absolute atomic E-state index is 15.1. The van der Waals surface area contributed by atoms with Crippen molar-refractivity contribution in [3.05, 3.63) is 71.6 Å². The molecule has 1 amide bonds. The molecule has 0 spiro atoms. The van der Waals surface area contributed by atoms with E-state index in [9.17, 15) is 4.79 Å². The molecule has 0 aliphatic carbocycles. The van der Waals surface area contributed by atoms with Crippen LogP contribution in [0, 0.1) is 11.7 Å². The number of hydrogen-bond donors (Lipinski definition) is 1. The number of nitrogens with one attached hydrogen (secondary N) is 1. The van der Waals surface area contributed by atoms with Crippen LogP contribution in [-0.2, 0) is 11.2 Å². The molecule has 1 unspecified atom stereocenters. The second-order valence-corrected chi connectivity index (χ2v) is 9.34. The third kappa shape index (κ3) is 6.10. The van der Waals surface area contributed by atoms with E-state index in [1.165, 1.54) is 6.07 Å². The van der Waals surface area contributed by atoms with Gasteiger partial charge in [-0.3, -0.25) is 9.69 Å². The third-order valence-corrected chi connectivity index (χ3v) is 7.03.